The van der Waals surface area contributed by atoms with Crippen LogP contribution in [0.4, 0.5) is 0 Å². The fourth-order valence-corrected chi connectivity index (χ4v) is 3.22. The van der Waals surface area contributed by atoms with Crippen LogP contribution < -0.4 is 0 Å². The molecule has 2 aromatic heterocycles. The third-order valence-corrected chi connectivity index (χ3v) is 4.38. The van der Waals surface area contributed by atoms with Crippen LogP contribution in [0.1, 0.15) is 64.0 Å². The Morgan fingerprint density at radius 1 is 1.36 bits per heavy atom. The summed E-state index contributed by atoms with van der Waals surface area (Å²) >= 11 is 0. The molecule has 1 atom stereocenters. The van der Waals surface area contributed by atoms with Gasteiger partial charge in [-0.05, 0) is 25.0 Å². The Balaban J connectivity index is 1.84. The topological polar surface area (TPSA) is 93.1 Å². The lowest BCUT2D eigenvalue weighted by atomic mass is 10.1. The Morgan fingerprint density at radius 3 is 2.80 bits per heavy atom. The third-order valence-electron chi connectivity index (χ3n) is 4.38. The summed E-state index contributed by atoms with van der Waals surface area (Å²) in [6.07, 6.45) is 2.06. The van der Waals surface area contributed by atoms with Crippen LogP contribution in [0.25, 0.3) is 0 Å². The van der Waals surface area contributed by atoms with E-state index in [4.69, 9.17) is 13.6 Å². The SMILES string of the molecule is CCc1oc(C(=O)N2CCC[C@H]2c2ccc(COC)o2)cc1C(=O)O. The zero-order valence-corrected chi connectivity index (χ0v) is 14.3. The minimum absolute atomic E-state index is 0.0435. The Bertz CT molecular complexity index is 774. The Labute approximate surface area is 145 Å². The highest BCUT2D eigenvalue weighted by atomic mass is 16.5. The van der Waals surface area contributed by atoms with E-state index in [1.807, 2.05) is 12.1 Å². The summed E-state index contributed by atoms with van der Waals surface area (Å²) < 4.78 is 16.3. The minimum atomic E-state index is -1.09. The van der Waals surface area contributed by atoms with Gasteiger partial charge in [0.05, 0.1) is 6.04 Å². The number of methoxy groups -OCH3 is 1. The van der Waals surface area contributed by atoms with E-state index in [1.54, 1.807) is 18.9 Å². The molecule has 134 valence electrons. The predicted molar refractivity (Wildman–Crippen MR) is 87.5 cm³/mol. The summed E-state index contributed by atoms with van der Waals surface area (Å²) in [6, 6.07) is 4.83. The van der Waals surface area contributed by atoms with E-state index in [2.05, 4.69) is 0 Å². The Kier molecular flexibility index (Phi) is 4.94. The monoisotopic (exact) mass is 347 g/mol. The quantitative estimate of drug-likeness (QED) is 0.862. The van der Waals surface area contributed by atoms with Crippen LogP contribution in [0.5, 0.6) is 0 Å². The predicted octanol–water partition coefficient (Wildman–Crippen LogP) is 3.26. The number of hydrogen-bond acceptors (Lipinski definition) is 5. The highest BCUT2D eigenvalue weighted by Crippen LogP contribution is 2.34. The fourth-order valence-electron chi connectivity index (χ4n) is 3.22. The van der Waals surface area contributed by atoms with E-state index in [0.717, 1.165) is 12.8 Å². The molecule has 25 heavy (non-hydrogen) atoms. The average molecular weight is 347 g/mol. The van der Waals surface area contributed by atoms with Gasteiger partial charge in [-0.2, -0.15) is 0 Å². The number of rotatable bonds is 6. The second-order valence-corrected chi connectivity index (χ2v) is 6.00. The molecule has 0 saturated carbocycles. The van der Waals surface area contributed by atoms with E-state index in [-0.39, 0.29) is 23.3 Å². The molecule has 1 amide bonds. The summed E-state index contributed by atoms with van der Waals surface area (Å²) in [7, 11) is 1.59. The summed E-state index contributed by atoms with van der Waals surface area (Å²) in [5.74, 6) is 0.383. The van der Waals surface area contributed by atoms with Gasteiger partial charge < -0.3 is 23.6 Å². The first-order chi connectivity index (χ1) is 12.0. The zero-order valence-electron chi connectivity index (χ0n) is 14.3. The molecule has 2 aromatic rings. The Morgan fingerprint density at radius 2 is 2.16 bits per heavy atom. The second-order valence-electron chi connectivity index (χ2n) is 6.00. The van der Waals surface area contributed by atoms with Crippen molar-refractivity contribution in [3.05, 3.63) is 46.8 Å². The van der Waals surface area contributed by atoms with Crippen LogP contribution in [-0.4, -0.2) is 35.5 Å². The molecule has 1 fully saturated rings. The van der Waals surface area contributed by atoms with Gasteiger partial charge in [0, 0.05) is 26.1 Å². The molecular weight excluding hydrogens is 326 g/mol. The van der Waals surface area contributed by atoms with Crippen molar-refractivity contribution >= 4 is 11.9 Å². The van der Waals surface area contributed by atoms with E-state index in [9.17, 15) is 14.7 Å². The van der Waals surface area contributed by atoms with Gasteiger partial charge >= 0.3 is 5.97 Å². The molecule has 1 N–H and O–H groups in total. The van der Waals surface area contributed by atoms with Crippen molar-refractivity contribution in [3.63, 3.8) is 0 Å². The molecule has 7 nitrogen and oxygen atoms in total. The van der Waals surface area contributed by atoms with Crippen molar-refractivity contribution in [3.8, 4) is 0 Å². The molecule has 7 heteroatoms. The first-order valence-electron chi connectivity index (χ1n) is 8.29. The first-order valence-corrected chi connectivity index (χ1v) is 8.29. The summed E-state index contributed by atoms with van der Waals surface area (Å²) in [4.78, 5) is 25.8. The molecule has 0 aromatic carbocycles. The van der Waals surface area contributed by atoms with Crippen molar-refractivity contribution in [2.45, 2.75) is 38.8 Å². The van der Waals surface area contributed by atoms with Crippen LogP contribution >= 0.6 is 0 Å². The maximum Gasteiger partial charge on any atom is 0.339 e. The number of amides is 1. The highest BCUT2D eigenvalue weighted by Gasteiger charge is 2.35. The van der Waals surface area contributed by atoms with Crippen LogP contribution in [0.15, 0.2) is 27.0 Å². The lowest BCUT2D eigenvalue weighted by Crippen LogP contribution is -2.30. The van der Waals surface area contributed by atoms with Gasteiger partial charge in [0.1, 0.15) is 29.5 Å². The van der Waals surface area contributed by atoms with Crippen LogP contribution in [0, 0.1) is 0 Å². The number of likely N-dealkylation sites (tertiary alicyclic amines) is 1. The smallest absolute Gasteiger partial charge is 0.339 e. The first kappa shape index (κ1) is 17.3. The van der Waals surface area contributed by atoms with Gasteiger partial charge in [-0.15, -0.1) is 0 Å². The number of aromatic carboxylic acids is 1. The van der Waals surface area contributed by atoms with Crippen molar-refractivity contribution < 1.29 is 28.3 Å². The summed E-state index contributed by atoms with van der Waals surface area (Å²) in [5, 5.41) is 9.23. The molecule has 1 aliphatic heterocycles. The fraction of sp³-hybridized carbons (Fsp3) is 0.444. The zero-order chi connectivity index (χ0) is 18.0. The minimum Gasteiger partial charge on any atom is -0.478 e. The summed E-state index contributed by atoms with van der Waals surface area (Å²) in [6.45, 7) is 2.74. The highest BCUT2D eigenvalue weighted by molar-refractivity contribution is 5.96. The number of carboxylic acids is 1. The van der Waals surface area contributed by atoms with Crippen molar-refractivity contribution in [2.75, 3.05) is 13.7 Å². The third kappa shape index (κ3) is 3.32. The van der Waals surface area contributed by atoms with E-state index in [1.165, 1.54) is 6.07 Å². The van der Waals surface area contributed by atoms with E-state index < -0.39 is 5.97 Å². The van der Waals surface area contributed by atoms with E-state index >= 15 is 0 Å². The number of ether oxygens (including phenoxy) is 1. The summed E-state index contributed by atoms with van der Waals surface area (Å²) in [5.41, 5.74) is 0.0435. The molecule has 3 heterocycles. The van der Waals surface area contributed by atoms with Crippen LogP contribution in [-0.2, 0) is 17.8 Å². The van der Waals surface area contributed by atoms with Gasteiger partial charge in [0.25, 0.3) is 5.91 Å². The van der Waals surface area contributed by atoms with Crippen molar-refractivity contribution in [1.82, 2.24) is 4.90 Å². The number of nitrogens with zero attached hydrogens (tertiary/aromatic N) is 1. The van der Waals surface area contributed by atoms with E-state index in [0.29, 0.717) is 36.9 Å². The number of carbonyl (C=O) groups is 2. The van der Waals surface area contributed by atoms with Gasteiger partial charge in [0.2, 0.25) is 0 Å². The number of furan rings is 2. The molecule has 0 spiro atoms. The maximum atomic E-state index is 12.8. The molecule has 0 bridgehead atoms. The van der Waals surface area contributed by atoms with Crippen molar-refractivity contribution in [1.29, 1.82) is 0 Å². The number of hydrogen-bond donors (Lipinski definition) is 1. The number of aryl methyl sites for hydroxylation is 1. The molecular formula is C18H21NO6. The van der Waals surface area contributed by atoms with Crippen LogP contribution in [0.3, 0.4) is 0 Å². The lowest BCUT2D eigenvalue weighted by Gasteiger charge is -2.22. The maximum absolute atomic E-state index is 12.8. The van der Waals surface area contributed by atoms with Gasteiger partial charge in [-0.25, -0.2) is 4.79 Å². The lowest BCUT2D eigenvalue weighted by molar-refractivity contribution is 0.0676. The number of carboxylic acid groups (broad SMARTS) is 1. The van der Waals surface area contributed by atoms with Gasteiger partial charge in [-0.3, -0.25) is 4.79 Å². The number of carbonyl (C=O) groups excluding carboxylic acids is 1. The molecule has 0 aliphatic carbocycles. The largest absolute Gasteiger partial charge is 0.478 e. The van der Waals surface area contributed by atoms with Crippen LogP contribution in [0.2, 0.25) is 0 Å². The molecule has 3 rings (SSSR count). The Hall–Kier alpha value is -2.54. The normalized spacial score (nSPS) is 17.2. The van der Waals surface area contributed by atoms with Gasteiger partial charge in [0.15, 0.2) is 5.76 Å². The van der Waals surface area contributed by atoms with Crippen molar-refractivity contribution in [2.24, 2.45) is 0 Å². The van der Waals surface area contributed by atoms with Gasteiger partial charge in [-0.1, -0.05) is 6.92 Å². The second kappa shape index (κ2) is 7.14. The molecule has 0 radical (unpaired) electrons. The molecule has 0 unspecified atom stereocenters. The molecule has 1 aliphatic rings. The average Bonchev–Trinajstić information content (AvgIpc) is 3.32. The molecule has 1 saturated heterocycles. The standard InChI is InChI=1S/C18H21NO6/c1-3-14-12(18(21)22)9-16(25-14)17(20)19-8-4-5-13(19)15-7-6-11(24-15)10-23-2/h6-7,9,13H,3-5,8,10H2,1-2H3,(H,21,22)/t13-/m0/s1.